The molecule has 39 heavy (non-hydrogen) atoms. The summed E-state index contributed by atoms with van der Waals surface area (Å²) in [5.74, 6) is -3.39. The van der Waals surface area contributed by atoms with Crippen LogP contribution in [0.15, 0.2) is 48.5 Å². The van der Waals surface area contributed by atoms with E-state index in [0.717, 1.165) is 4.90 Å². The number of rotatable bonds is 10. The molecule has 1 heterocycles. The third-order valence-corrected chi connectivity index (χ3v) is 6.07. The summed E-state index contributed by atoms with van der Waals surface area (Å²) in [5, 5.41) is 8.00. The van der Waals surface area contributed by atoms with Crippen molar-refractivity contribution in [1.82, 2.24) is 10.2 Å². The predicted octanol–water partition coefficient (Wildman–Crippen LogP) is 1.78. The number of fused-ring (bicyclic) bond motifs is 1. The van der Waals surface area contributed by atoms with E-state index in [9.17, 15) is 28.8 Å². The summed E-state index contributed by atoms with van der Waals surface area (Å²) in [4.78, 5) is 76.6. The highest BCUT2D eigenvalue weighted by Crippen LogP contribution is 2.28. The lowest BCUT2D eigenvalue weighted by Gasteiger charge is -2.29. The number of esters is 2. The summed E-state index contributed by atoms with van der Waals surface area (Å²) in [5.41, 5.74) is 1.21. The van der Waals surface area contributed by atoms with Crippen LogP contribution in [0.2, 0.25) is 0 Å². The van der Waals surface area contributed by atoms with Crippen LogP contribution in [0.5, 0.6) is 0 Å². The minimum absolute atomic E-state index is 0.0529. The number of amides is 4. The van der Waals surface area contributed by atoms with E-state index in [0.29, 0.717) is 11.3 Å². The molecule has 0 spiro atoms. The van der Waals surface area contributed by atoms with Crippen LogP contribution in [0.3, 0.4) is 0 Å². The zero-order valence-electron chi connectivity index (χ0n) is 21.8. The van der Waals surface area contributed by atoms with E-state index >= 15 is 0 Å². The molecule has 0 aromatic heterocycles. The Hall–Kier alpha value is -4.74. The molecule has 1 aliphatic heterocycles. The van der Waals surface area contributed by atoms with Crippen molar-refractivity contribution in [1.29, 1.82) is 0 Å². The number of carbonyl (C=O) groups is 6. The second kappa shape index (κ2) is 13.2. The Morgan fingerprint density at radius 2 is 1.69 bits per heavy atom. The lowest BCUT2D eigenvalue weighted by molar-refractivity contribution is -0.142. The summed E-state index contributed by atoms with van der Waals surface area (Å²) < 4.78 is 9.44. The highest BCUT2D eigenvalue weighted by molar-refractivity contribution is 6.11. The molecule has 206 valence electrons. The molecule has 2 atom stereocenters. The Morgan fingerprint density at radius 1 is 1.00 bits per heavy atom. The minimum Gasteiger partial charge on any atom is -0.469 e. The number of methoxy groups -OCH3 is 2. The molecule has 0 radical (unpaired) electrons. The van der Waals surface area contributed by atoms with E-state index in [2.05, 4.69) is 20.7 Å². The van der Waals surface area contributed by atoms with Crippen LogP contribution in [0.25, 0.3) is 0 Å². The van der Waals surface area contributed by atoms with E-state index in [1.807, 2.05) is 0 Å². The average molecular weight is 539 g/mol. The van der Waals surface area contributed by atoms with Crippen molar-refractivity contribution < 1.29 is 38.2 Å². The maximum atomic E-state index is 13.7. The molecule has 0 fully saturated rings. The Morgan fingerprint density at radius 3 is 2.33 bits per heavy atom. The zero-order valence-corrected chi connectivity index (χ0v) is 21.8. The van der Waals surface area contributed by atoms with Gasteiger partial charge in [0.1, 0.15) is 12.6 Å². The van der Waals surface area contributed by atoms with Gasteiger partial charge in [-0.3, -0.25) is 28.8 Å². The van der Waals surface area contributed by atoms with Crippen molar-refractivity contribution in [2.24, 2.45) is 0 Å². The maximum Gasteiger partial charge on any atom is 0.307 e. The third kappa shape index (κ3) is 7.63. The van der Waals surface area contributed by atoms with Crippen LogP contribution in [-0.2, 0) is 33.4 Å². The fourth-order valence-corrected chi connectivity index (χ4v) is 4.17. The maximum absolute atomic E-state index is 13.7. The second-order valence-corrected chi connectivity index (χ2v) is 8.81. The fraction of sp³-hybridized carbons (Fsp3) is 0.333. The quantitative estimate of drug-likeness (QED) is 0.386. The molecule has 12 nitrogen and oxygen atoms in total. The van der Waals surface area contributed by atoms with Crippen LogP contribution in [0, 0.1) is 0 Å². The third-order valence-electron chi connectivity index (χ3n) is 6.07. The van der Waals surface area contributed by atoms with Crippen molar-refractivity contribution >= 4 is 46.9 Å². The van der Waals surface area contributed by atoms with Crippen LogP contribution in [0.1, 0.15) is 48.1 Å². The molecule has 2 aromatic carbocycles. The summed E-state index contributed by atoms with van der Waals surface area (Å²) >= 11 is 0. The first-order valence-corrected chi connectivity index (χ1v) is 12.1. The van der Waals surface area contributed by atoms with Crippen LogP contribution >= 0.6 is 0 Å². The first-order chi connectivity index (χ1) is 18.6. The lowest BCUT2D eigenvalue weighted by atomic mass is 10.0. The van der Waals surface area contributed by atoms with Gasteiger partial charge >= 0.3 is 11.9 Å². The minimum atomic E-state index is -1.19. The normalized spacial score (nSPS) is 15.3. The monoisotopic (exact) mass is 538 g/mol. The molecule has 3 N–H and O–H groups in total. The van der Waals surface area contributed by atoms with Gasteiger partial charge in [0.2, 0.25) is 17.7 Å². The van der Waals surface area contributed by atoms with Gasteiger partial charge < -0.3 is 30.3 Å². The molecular formula is C27H30N4O8. The first kappa shape index (κ1) is 28.8. The average Bonchev–Trinajstić information content (AvgIpc) is 3.00. The lowest BCUT2D eigenvalue weighted by Crippen LogP contribution is -2.50. The fourth-order valence-electron chi connectivity index (χ4n) is 4.17. The molecular weight excluding hydrogens is 508 g/mol. The van der Waals surface area contributed by atoms with Gasteiger partial charge in [-0.1, -0.05) is 30.3 Å². The zero-order chi connectivity index (χ0) is 28.5. The highest BCUT2D eigenvalue weighted by Gasteiger charge is 2.37. The smallest absolute Gasteiger partial charge is 0.307 e. The molecule has 12 heteroatoms. The van der Waals surface area contributed by atoms with E-state index in [-0.39, 0.29) is 36.4 Å². The highest BCUT2D eigenvalue weighted by atomic mass is 16.5. The molecule has 3 rings (SSSR count). The number of hydrogen-bond acceptors (Lipinski definition) is 8. The number of carbonyl (C=O) groups excluding carboxylic acids is 6. The summed E-state index contributed by atoms with van der Waals surface area (Å²) in [6, 6.07) is 11.2. The standard InChI is InChI=1S/C27H30N4O8/c1-16(32)28-18-9-10-20-19(13-18)27(37)31(22(26(36)30-20)11-12-24(34)38-2)15-23(33)29-21(14-25(35)39-3)17-7-5-4-6-8-17/h4-10,13,21-22H,11-12,14-15H2,1-3H3,(H,28,32)(H,29,33)(H,30,36)/t21?,22-/m0/s1. The van der Waals surface area contributed by atoms with Gasteiger partial charge in [0.25, 0.3) is 5.91 Å². The Balaban J connectivity index is 1.93. The molecule has 1 unspecified atom stereocenters. The summed E-state index contributed by atoms with van der Waals surface area (Å²) in [6.45, 7) is 0.763. The molecule has 4 amide bonds. The molecule has 0 bridgehead atoms. The number of benzene rings is 2. The summed E-state index contributed by atoms with van der Waals surface area (Å²) in [6.07, 6.45) is -0.438. The second-order valence-electron chi connectivity index (χ2n) is 8.81. The Kier molecular flexibility index (Phi) is 9.74. The van der Waals surface area contributed by atoms with E-state index in [1.165, 1.54) is 39.3 Å². The molecule has 0 saturated carbocycles. The van der Waals surface area contributed by atoms with Gasteiger partial charge in [0.15, 0.2) is 0 Å². The van der Waals surface area contributed by atoms with Gasteiger partial charge in [-0.15, -0.1) is 0 Å². The molecule has 0 saturated heterocycles. The topological polar surface area (TPSA) is 160 Å². The van der Waals surface area contributed by atoms with Crippen molar-refractivity contribution in [3.63, 3.8) is 0 Å². The van der Waals surface area contributed by atoms with Crippen molar-refractivity contribution in [2.75, 3.05) is 31.4 Å². The van der Waals surface area contributed by atoms with E-state index < -0.39 is 48.3 Å². The predicted molar refractivity (Wildman–Crippen MR) is 139 cm³/mol. The van der Waals surface area contributed by atoms with Crippen molar-refractivity contribution in [3.05, 3.63) is 59.7 Å². The largest absolute Gasteiger partial charge is 0.469 e. The molecule has 1 aliphatic rings. The molecule has 0 aliphatic carbocycles. The number of nitrogens with one attached hydrogen (secondary N) is 3. The number of anilines is 2. The van der Waals surface area contributed by atoms with Crippen LogP contribution < -0.4 is 16.0 Å². The Labute approximate surface area is 225 Å². The van der Waals surface area contributed by atoms with Crippen molar-refractivity contribution in [3.8, 4) is 0 Å². The van der Waals surface area contributed by atoms with Crippen LogP contribution in [-0.4, -0.2) is 67.3 Å². The van der Waals surface area contributed by atoms with Gasteiger partial charge in [-0.25, -0.2) is 0 Å². The van der Waals surface area contributed by atoms with Gasteiger partial charge in [-0.05, 0) is 30.2 Å². The number of hydrogen-bond donors (Lipinski definition) is 3. The van der Waals surface area contributed by atoms with Gasteiger partial charge in [-0.2, -0.15) is 0 Å². The van der Waals surface area contributed by atoms with Gasteiger partial charge in [0, 0.05) is 19.0 Å². The van der Waals surface area contributed by atoms with Crippen LogP contribution in [0.4, 0.5) is 11.4 Å². The number of ether oxygens (including phenoxy) is 2. The van der Waals surface area contributed by atoms with E-state index in [4.69, 9.17) is 4.74 Å². The number of nitrogens with zero attached hydrogens (tertiary/aromatic N) is 1. The van der Waals surface area contributed by atoms with Gasteiger partial charge in [0.05, 0.1) is 37.9 Å². The molecule has 2 aromatic rings. The van der Waals surface area contributed by atoms with E-state index in [1.54, 1.807) is 30.3 Å². The van der Waals surface area contributed by atoms with Crippen molar-refractivity contribution in [2.45, 2.75) is 38.3 Å². The first-order valence-electron chi connectivity index (χ1n) is 12.1. The Bertz CT molecular complexity index is 1260. The SMILES string of the molecule is COC(=O)CC[C@H]1C(=O)Nc2ccc(NC(C)=O)cc2C(=O)N1CC(=O)NC(CC(=O)OC)c1ccccc1. The summed E-state index contributed by atoms with van der Waals surface area (Å²) in [7, 11) is 2.44.